The van der Waals surface area contributed by atoms with Crippen LogP contribution in [-0.2, 0) is 24.7 Å². The second kappa shape index (κ2) is 5.86. The minimum absolute atomic E-state index is 0.0689. The van der Waals surface area contributed by atoms with E-state index < -0.39 is 19.9 Å². The fourth-order valence-corrected chi connectivity index (χ4v) is 4.36. The Morgan fingerprint density at radius 3 is 1.90 bits per heavy atom. The highest BCUT2D eigenvalue weighted by Crippen LogP contribution is 2.23. The van der Waals surface area contributed by atoms with Crippen molar-refractivity contribution < 1.29 is 21.6 Å². The average Bonchev–Trinajstić information content (AvgIpc) is 2.46. The number of rotatable bonds is 4. The van der Waals surface area contributed by atoms with Crippen molar-refractivity contribution in [3.63, 3.8) is 0 Å². The number of nitrogens with zero attached hydrogens (tertiary/aromatic N) is 1. The molecule has 0 atom stereocenters. The van der Waals surface area contributed by atoms with Crippen LogP contribution in [0.2, 0.25) is 0 Å². The predicted octanol–water partition coefficient (Wildman–Crippen LogP) is 0.690. The SMILES string of the molecule is CS(=O)(=O)c1ccc(S(=O)(=O)N2CCC(C=O)CC2)cc1. The van der Waals surface area contributed by atoms with Crippen LogP contribution in [0.4, 0.5) is 0 Å². The van der Waals surface area contributed by atoms with Gasteiger partial charge in [-0.25, -0.2) is 16.8 Å². The van der Waals surface area contributed by atoms with Gasteiger partial charge in [-0.1, -0.05) is 0 Å². The van der Waals surface area contributed by atoms with Gasteiger partial charge in [-0.2, -0.15) is 4.31 Å². The molecular weight excluding hydrogens is 314 g/mol. The van der Waals surface area contributed by atoms with Gasteiger partial charge in [0.15, 0.2) is 9.84 Å². The largest absolute Gasteiger partial charge is 0.303 e. The quantitative estimate of drug-likeness (QED) is 0.757. The molecule has 0 amide bonds. The maximum atomic E-state index is 12.4. The maximum Gasteiger partial charge on any atom is 0.243 e. The fourth-order valence-electron chi connectivity index (χ4n) is 2.26. The van der Waals surface area contributed by atoms with E-state index in [0.29, 0.717) is 25.9 Å². The molecule has 0 radical (unpaired) electrons. The fraction of sp³-hybridized carbons (Fsp3) is 0.462. The monoisotopic (exact) mass is 331 g/mol. The van der Waals surface area contributed by atoms with Crippen LogP contribution in [0.1, 0.15) is 12.8 Å². The Kier molecular flexibility index (Phi) is 4.50. The molecule has 1 aromatic rings. The molecule has 1 aliphatic heterocycles. The Bertz CT molecular complexity index is 714. The molecule has 8 heteroatoms. The molecule has 0 bridgehead atoms. The summed E-state index contributed by atoms with van der Waals surface area (Å²) in [7, 11) is -6.98. The summed E-state index contributed by atoms with van der Waals surface area (Å²) in [6, 6.07) is 5.19. The van der Waals surface area contributed by atoms with Crippen molar-refractivity contribution in [2.75, 3.05) is 19.3 Å². The van der Waals surface area contributed by atoms with E-state index in [-0.39, 0.29) is 15.7 Å². The number of sulfone groups is 1. The maximum absolute atomic E-state index is 12.4. The second-order valence-corrected chi connectivity index (χ2v) is 9.07. The number of aldehydes is 1. The normalized spacial score (nSPS) is 18.5. The number of carbonyl (C=O) groups is 1. The lowest BCUT2D eigenvalue weighted by molar-refractivity contribution is -0.112. The van der Waals surface area contributed by atoms with E-state index in [1.54, 1.807) is 0 Å². The Labute approximate surface area is 124 Å². The summed E-state index contributed by atoms with van der Waals surface area (Å²) < 4.78 is 48.9. The van der Waals surface area contributed by atoms with Gasteiger partial charge in [-0.05, 0) is 37.1 Å². The molecule has 0 N–H and O–H groups in total. The van der Waals surface area contributed by atoms with Crippen molar-refractivity contribution in [3.8, 4) is 0 Å². The Morgan fingerprint density at radius 2 is 1.48 bits per heavy atom. The summed E-state index contributed by atoms with van der Waals surface area (Å²) in [5.41, 5.74) is 0. The van der Waals surface area contributed by atoms with E-state index in [2.05, 4.69) is 0 Å². The van der Waals surface area contributed by atoms with Gasteiger partial charge in [-0.15, -0.1) is 0 Å². The molecule has 1 saturated heterocycles. The third-order valence-corrected chi connectivity index (χ3v) is 6.62. The van der Waals surface area contributed by atoms with Crippen LogP contribution >= 0.6 is 0 Å². The van der Waals surface area contributed by atoms with Crippen LogP contribution in [0, 0.1) is 5.92 Å². The summed E-state index contributed by atoms with van der Waals surface area (Å²) >= 11 is 0. The van der Waals surface area contributed by atoms with Crippen LogP contribution in [0.25, 0.3) is 0 Å². The Balaban J connectivity index is 2.22. The van der Waals surface area contributed by atoms with E-state index >= 15 is 0 Å². The Morgan fingerprint density at radius 1 is 1.00 bits per heavy atom. The van der Waals surface area contributed by atoms with Crippen molar-refractivity contribution in [1.82, 2.24) is 4.31 Å². The highest BCUT2D eigenvalue weighted by molar-refractivity contribution is 7.90. The topological polar surface area (TPSA) is 88.6 Å². The molecule has 0 spiro atoms. The first-order valence-electron chi connectivity index (χ1n) is 6.51. The zero-order valence-corrected chi connectivity index (χ0v) is 13.2. The van der Waals surface area contributed by atoms with Crippen molar-refractivity contribution in [2.45, 2.75) is 22.6 Å². The smallest absolute Gasteiger partial charge is 0.243 e. The van der Waals surface area contributed by atoms with E-state index in [4.69, 9.17) is 0 Å². The standard InChI is InChI=1S/C13H17NO5S2/c1-20(16,17)12-2-4-13(5-3-12)21(18,19)14-8-6-11(10-15)7-9-14/h2-5,10-11H,6-9H2,1H3. The molecule has 116 valence electrons. The highest BCUT2D eigenvalue weighted by Gasteiger charge is 2.29. The van der Waals surface area contributed by atoms with Gasteiger partial charge in [0.25, 0.3) is 0 Å². The van der Waals surface area contributed by atoms with Crippen LogP contribution < -0.4 is 0 Å². The highest BCUT2D eigenvalue weighted by atomic mass is 32.2. The van der Waals surface area contributed by atoms with Crippen molar-refractivity contribution >= 4 is 26.1 Å². The lowest BCUT2D eigenvalue weighted by atomic mass is 10.0. The number of benzene rings is 1. The van der Waals surface area contributed by atoms with E-state index in [9.17, 15) is 21.6 Å². The first-order valence-corrected chi connectivity index (χ1v) is 9.84. The first-order chi connectivity index (χ1) is 9.75. The number of hydrogen-bond acceptors (Lipinski definition) is 5. The zero-order chi connectivity index (χ0) is 15.7. The lowest BCUT2D eigenvalue weighted by Gasteiger charge is -2.28. The predicted molar refractivity (Wildman–Crippen MR) is 77.1 cm³/mol. The molecule has 21 heavy (non-hydrogen) atoms. The van der Waals surface area contributed by atoms with Gasteiger partial charge in [-0.3, -0.25) is 0 Å². The van der Waals surface area contributed by atoms with Gasteiger partial charge >= 0.3 is 0 Å². The summed E-state index contributed by atoms with van der Waals surface area (Å²) in [4.78, 5) is 10.8. The summed E-state index contributed by atoms with van der Waals surface area (Å²) in [5, 5.41) is 0. The molecule has 0 unspecified atom stereocenters. The van der Waals surface area contributed by atoms with Crippen LogP contribution in [0.3, 0.4) is 0 Å². The molecule has 1 heterocycles. The lowest BCUT2D eigenvalue weighted by Crippen LogP contribution is -2.38. The van der Waals surface area contributed by atoms with Crippen molar-refractivity contribution in [1.29, 1.82) is 0 Å². The van der Waals surface area contributed by atoms with Crippen LogP contribution in [-0.4, -0.2) is 46.8 Å². The molecule has 6 nitrogen and oxygen atoms in total. The number of carbonyl (C=O) groups excluding carboxylic acids is 1. The van der Waals surface area contributed by atoms with Crippen molar-refractivity contribution in [2.24, 2.45) is 5.92 Å². The van der Waals surface area contributed by atoms with Gasteiger partial charge in [0.1, 0.15) is 6.29 Å². The molecule has 1 aromatic carbocycles. The van der Waals surface area contributed by atoms with Gasteiger partial charge in [0.05, 0.1) is 9.79 Å². The van der Waals surface area contributed by atoms with E-state index in [1.165, 1.54) is 28.6 Å². The summed E-state index contributed by atoms with van der Waals surface area (Å²) in [6.07, 6.45) is 2.97. The molecule has 1 aliphatic rings. The second-order valence-electron chi connectivity index (χ2n) is 5.12. The minimum atomic E-state index is -3.63. The molecule has 2 rings (SSSR count). The Hall–Kier alpha value is -1.25. The van der Waals surface area contributed by atoms with Gasteiger partial charge in [0.2, 0.25) is 10.0 Å². The first kappa shape index (κ1) is 16.1. The minimum Gasteiger partial charge on any atom is -0.303 e. The van der Waals surface area contributed by atoms with Gasteiger partial charge < -0.3 is 4.79 Å². The molecule has 1 fully saturated rings. The number of hydrogen-bond donors (Lipinski definition) is 0. The zero-order valence-electron chi connectivity index (χ0n) is 11.6. The van der Waals surface area contributed by atoms with Gasteiger partial charge in [0, 0.05) is 25.3 Å². The average molecular weight is 331 g/mol. The number of piperidine rings is 1. The number of sulfonamides is 1. The summed E-state index contributed by atoms with van der Waals surface area (Å²) in [6.45, 7) is 0.610. The third kappa shape index (κ3) is 3.50. The molecule has 0 aromatic heterocycles. The molecular formula is C13H17NO5S2. The van der Waals surface area contributed by atoms with Crippen molar-refractivity contribution in [3.05, 3.63) is 24.3 Å². The van der Waals surface area contributed by atoms with Crippen LogP contribution in [0.15, 0.2) is 34.1 Å². The summed E-state index contributed by atoms with van der Waals surface area (Å²) in [5.74, 6) is -0.0796. The van der Waals surface area contributed by atoms with Crippen LogP contribution in [0.5, 0.6) is 0 Å². The van der Waals surface area contributed by atoms with E-state index in [0.717, 1.165) is 12.5 Å². The molecule has 0 saturated carbocycles. The third-order valence-electron chi connectivity index (χ3n) is 3.58. The molecule has 0 aliphatic carbocycles. The van der Waals surface area contributed by atoms with E-state index in [1.807, 2.05) is 0 Å².